The Labute approximate surface area is 178 Å². The zero-order chi connectivity index (χ0) is 23.3. The number of ether oxygens (including phenoxy) is 1. The molecule has 0 bridgehead atoms. The number of fused-ring (bicyclic) bond motifs is 1. The lowest BCUT2D eigenvalue weighted by atomic mass is 9.89. The fourth-order valence-electron chi connectivity index (χ4n) is 3.69. The number of carboxylic acids is 1. The van der Waals surface area contributed by atoms with Crippen LogP contribution in [0.25, 0.3) is 22.3 Å². The Morgan fingerprint density at radius 3 is 2.16 bits per heavy atom. The average Bonchev–Trinajstić information content (AvgIpc) is 2.73. The van der Waals surface area contributed by atoms with Crippen molar-refractivity contribution in [1.29, 1.82) is 0 Å². The first-order valence-corrected chi connectivity index (χ1v) is 9.34. The largest absolute Gasteiger partial charge is 0.508 e. The SMILES string of the molecule is O=C(O)[C@H]1O[C@@H](c2c(O)cc(O)c3c(=O)cc(-c4ccc(O)cc4)oc23)[C@H](O)[C@@H](O)[C@@H]1O. The van der Waals surface area contributed by atoms with Crippen LogP contribution in [0, 0.1) is 0 Å². The van der Waals surface area contributed by atoms with Gasteiger partial charge in [0.1, 0.15) is 52.8 Å². The van der Waals surface area contributed by atoms with Crippen molar-refractivity contribution in [2.45, 2.75) is 30.5 Å². The smallest absolute Gasteiger partial charge is 0.335 e. The van der Waals surface area contributed by atoms with E-state index >= 15 is 0 Å². The van der Waals surface area contributed by atoms with Crippen LogP contribution in [0.3, 0.4) is 0 Å². The molecule has 7 N–H and O–H groups in total. The van der Waals surface area contributed by atoms with E-state index in [-0.39, 0.29) is 16.9 Å². The van der Waals surface area contributed by atoms with E-state index in [9.17, 15) is 45.3 Å². The highest BCUT2D eigenvalue weighted by Gasteiger charge is 2.49. The molecule has 168 valence electrons. The van der Waals surface area contributed by atoms with Gasteiger partial charge in [0.25, 0.3) is 0 Å². The number of hydrogen-bond acceptors (Lipinski definition) is 10. The second kappa shape index (κ2) is 7.80. The maximum Gasteiger partial charge on any atom is 0.335 e. The van der Waals surface area contributed by atoms with Gasteiger partial charge in [-0.1, -0.05) is 0 Å². The van der Waals surface area contributed by atoms with Crippen LogP contribution in [-0.4, -0.2) is 66.1 Å². The number of aliphatic hydroxyl groups excluding tert-OH is 3. The predicted molar refractivity (Wildman–Crippen MR) is 106 cm³/mol. The summed E-state index contributed by atoms with van der Waals surface area (Å²) in [5.41, 5.74) is -1.21. The van der Waals surface area contributed by atoms with Gasteiger partial charge in [-0.15, -0.1) is 0 Å². The number of aliphatic hydroxyl groups is 3. The number of aliphatic carboxylic acids is 1. The second-order valence-electron chi connectivity index (χ2n) is 7.34. The summed E-state index contributed by atoms with van der Waals surface area (Å²) in [6, 6.07) is 7.40. The van der Waals surface area contributed by atoms with Crippen LogP contribution in [0.4, 0.5) is 0 Å². The van der Waals surface area contributed by atoms with Crippen LogP contribution < -0.4 is 5.43 Å². The lowest BCUT2D eigenvalue weighted by Gasteiger charge is -2.39. The monoisotopic (exact) mass is 446 g/mol. The van der Waals surface area contributed by atoms with Crippen molar-refractivity contribution in [1.82, 2.24) is 0 Å². The lowest BCUT2D eigenvalue weighted by Crippen LogP contribution is -2.56. The summed E-state index contributed by atoms with van der Waals surface area (Å²) in [6.07, 6.45) is -9.56. The number of benzene rings is 2. The second-order valence-corrected chi connectivity index (χ2v) is 7.34. The summed E-state index contributed by atoms with van der Waals surface area (Å²) < 4.78 is 11.0. The Balaban J connectivity index is 1.97. The minimum Gasteiger partial charge on any atom is -0.508 e. The highest BCUT2D eigenvalue weighted by atomic mass is 16.6. The highest BCUT2D eigenvalue weighted by Crippen LogP contribution is 2.43. The Morgan fingerprint density at radius 1 is 0.875 bits per heavy atom. The molecule has 2 heterocycles. The molecule has 1 saturated heterocycles. The Kier molecular flexibility index (Phi) is 5.26. The van der Waals surface area contributed by atoms with Crippen LogP contribution in [-0.2, 0) is 9.53 Å². The van der Waals surface area contributed by atoms with Gasteiger partial charge in [-0.25, -0.2) is 4.79 Å². The van der Waals surface area contributed by atoms with Crippen LogP contribution in [0.15, 0.2) is 45.6 Å². The fourth-order valence-corrected chi connectivity index (χ4v) is 3.69. The molecule has 2 aromatic carbocycles. The zero-order valence-corrected chi connectivity index (χ0v) is 16.1. The quantitative estimate of drug-likeness (QED) is 0.290. The van der Waals surface area contributed by atoms with Gasteiger partial charge in [-0.05, 0) is 24.3 Å². The van der Waals surface area contributed by atoms with E-state index < -0.39 is 64.6 Å². The van der Waals surface area contributed by atoms with Gasteiger partial charge < -0.3 is 44.9 Å². The summed E-state index contributed by atoms with van der Waals surface area (Å²) in [5, 5.41) is 69.6. The summed E-state index contributed by atoms with van der Waals surface area (Å²) in [4.78, 5) is 24.2. The third-order valence-corrected chi connectivity index (χ3v) is 5.29. The third kappa shape index (κ3) is 3.42. The van der Waals surface area contributed by atoms with Crippen LogP contribution in [0.5, 0.6) is 17.2 Å². The first-order valence-electron chi connectivity index (χ1n) is 9.34. The van der Waals surface area contributed by atoms with Crippen molar-refractivity contribution in [3.63, 3.8) is 0 Å². The first-order chi connectivity index (χ1) is 15.1. The van der Waals surface area contributed by atoms with E-state index in [4.69, 9.17) is 9.15 Å². The number of rotatable bonds is 3. The van der Waals surface area contributed by atoms with E-state index in [0.29, 0.717) is 5.56 Å². The summed E-state index contributed by atoms with van der Waals surface area (Å²) >= 11 is 0. The number of aromatic hydroxyl groups is 3. The van der Waals surface area contributed by atoms with Gasteiger partial charge >= 0.3 is 5.97 Å². The van der Waals surface area contributed by atoms with E-state index in [1.807, 2.05) is 0 Å². The Hall–Kier alpha value is -3.64. The molecule has 1 fully saturated rings. The molecule has 0 aliphatic carbocycles. The number of carbonyl (C=O) groups is 1. The van der Waals surface area contributed by atoms with E-state index in [1.165, 1.54) is 24.3 Å². The van der Waals surface area contributed by atoms with Crippen LogP contribution in [0.1, 0.15) is 11.7 Å². The third-order valence-electron chi connectivity index (χ3n) is 5.29. The molecule has 0 spiro atoms. The molecule has 0 saturated carbocycles. The standard InChI is InChI=1S/C21H18O11/c22-8-3-1-7(2-4-8)12-6-11(25)13-9(23)5-10(24)14(18(13)31-12)19-16(27)15(26)17(28)20(32-19)21(29)30/h1-6,15-17,19-20,22-24,26-28H,(H,29,30)/t15-,16-,17+,19+,20+/m1/s1. The van der Waals surface area contributed by atoms with E-state index in [2.05, 4.69) is 0 Å². The van der Waals surface area contributed by atoms with Crippen LogP contribution in [0.2, 0.25) is 0 Å². The van der Waals surface area contributed by atoms with Gasteiger partial charge in [-0.2, -0.15) is 0 Å². The topological polar surface area (TPSA) is 198 Å². The van der Waals surface area contributed by atoms with Crippen molar-refractivity contribution in [2.75, 3.05) is 0 Å². The molecule has 0 radical (unpaired) electrons. The molecule has 0 unspecified atom stereocenters. The molecule has 11 heteroatoms. The molecule has 11 nitrogen and oxygen atoms in total. The predicted octanol–water partition coefficient (Wildman–Crippen LogP) is 0.184. The first kappa shape index (κ1) is 21.6. The van der Waals surface area contributed by atoms with Crippen molar-refractivity contribution in [3.05, 3.63) is 52.2 Å². The molecule has 1 aromatic heterocycles. The minimum absolute atomic E-state index is 0.0329. The minimum atomic E-state index is -1.97. The molecule has 1 aliphatic heterocycles. The highest BCUT2D eigenvalue weighted by molar-refractivity contribution is 5.89. The summed E-state index contributed by atoms with van der Waals surface area (Å²) in [6.45, 7) is 0. The molecule has 4 rings (SSSR count). The number of hydrogen-bond donors (Lipinski definition) is 7. The van der Waals surface area contributed by atoms with Crippen molar-refractivity contribution >= 4 is 16.9 Å². The number of phenolic OH excluding ortho intramolecular Hbond substituents is 3. The molecule has 32 heavy (non-hydrogen) atoms. The lowest BCUT2D eigenvalue weighted by molar-refractivity contribution is -0.229. The summed E-state index contributed by atoms with van der Waals surface area (Å²) in [7, 11) is 0. The van der Waals surface area contributed by atoms with Gasteiger partial charge in [0.2, 0.25) is 0 Å². The normalized spacial score (nSPS) is 25.7. The Bertz CT molecular complexity index is 1250. The Morgan fingerprint density at radius 2 is 1.53 bits per heavy atom. The molecule has 0 amide bonds. The number of carboxylic acid groups (broad SMARTS) is 1. The maximum absolute atomic E-state index is 12.7. The van der Waals surface area contributed by atoms with Gasteiger partial charge in [-0.3, -0.25) is 4.79 Å². The molecule has 3 aromatic rings. The van der Waals surface area contributed by atoms with Gasteiger partial charge in [0, 0.05) is 17.7 Å². The maximum atomic E-state index is 12.7. The molecular formula is C21H18O11. The molecular weight excluding hydrogens is 428 g/mol. The van der Waals surface area contributed by atoms with Crippen molar-refractivity contribution in [3.8, 4) is 28.6 Å². The fraction of sp³-hybridized carbons (Fsp3) is 0.238. The molecule has 1 aliphatic rings. The summed E-state index contributed by atoms with van der Waals surface area (Å²) in [5.74, 6) is -3.07. The van der Waals surface area contributed by atoms with Crippen LogP contribution >= 0.6 is 0 Å². The number of phenols is 3. The molecule has 5 atom stereocenters. The van der Waals surface area contributed by atoms with E-state index in [1.54, 1.807) is 0 Å². The zero-order valence-electron chi connectivity index (χ0n) is 16.1. The van der Waals surface area contributed by atoms with Gasteiger partial charge in [0.15, 0.2) is 17.1 Å². The van der Waals surface area contributed by atoms with E-state index in [0.717, 1.165) is 12.1 Å². The van der Waals surface area contributed by atoms with Crippen molar-refractivity contribution in [2.24, 2.45) is 0 Å². The van der Waals surface area contributed by atoms with Crippen molar-refractivity contribution < 1.29 is 49.7 Å². The average molecular weight is 446 g/mol. The van der Waals surface area contributed by atoms with Gasteiger partial charge in [0.05, 0.1) is 5.56 Å².